The van der Waals surface area contributed by atoms with Crippen LogP contribution < -0.4 is 11.1 Å². The number of aliphatic hydroxyl groups is 1. The third-order valence-corrected chi connectivity index (χ3v) is 4.08. The van der Waals surface area contributed by atoms with Gasteiger partial charge in [-0.1, -0.05) is 12.8 Å². The van der Waals surface area contributed by atoms with E-state index in [-0.39, 0.29) is 17.6 Å². The molecule has 0 aromatic carbocycles. The topological polar surface area (TPSA) is 104 Å². The van der Waals surface area contributed by atoms with Gasteiger partial charge in [-0.2, -0.15) is 5.10 Å². The van der Waals surface area contributed by atoms with Gasteiger partial charge in [-0.05, 0) is 25.7 Å². The molecule has 2 fully saturated rings. The molecule has 104 valence electrons. The first-order chi connectivity index (χ1) is 9.16. The summed E-state index contributed by atoms with van der Waals surface area (Å²) in [7, 11) is 0. The van der Waals surface area contributed by atoms with Crippen LogP contribution in [-0.2, 0) is 0 Å². The van der Waals surface area contributed by atoms with E-state index in [1.165, 1.54) is 0 Å². The summed E-state index contributed by atoms with van der Waals surface area (Å²) >= 11 is 0. The smallest absolute Gasteiger partial charge is 0.274 e. The summed E-state index contributed by atoms with van der Waals surface area (Å²) in [5.41, 5.74) is 7.58. The van der Waals surface area contributed by atoms with Crippen LogP contribution in [0.3, 0.4) is 0 Å². The number of nitrogens with one attached hydrogen (secondary N) is 2. The summed E-state index contributed by atoms with van der Waals surface area (Å²) in [6, 6.07) is -0.179. The number of aromatic amines is 1. The van der Waals surface area contributed by atoms with E-state index in [4.69, 9.17) is 5.73 Å². The van der Waals surface area contributed by atoms with Crippen molar-refractivity contribution < 1.29 is 9.90 Å². The van der Waals surface area contributed by atoms with Crippen LogP contribution in [0.4, 0.5) is 5.69 Å². The maximum atomic E-state index is 12.2. The molecule has 1 heterocycles. The lowest BCUT2D eigenvalue weighted by Crippen LogP contribution is -2.45. The maximum absolute atomic E-state index is 12.2. The van der Waals surface area contributed by atoms with Crippen molar-refractivity contribution in [2.45, 2.75) is 56.6 Å². The lowest BCUT2D eigenvalue weighted by molar-refractivity contribution is 0.0714. The SMILES string of the molecule is Nc1c(C(=O)N[C@@H]2CCCC[C@H]2O)n[nH]c1C1CC1. The average molecular weight is 264 g/mol. The Morgan fingerprint density at radius 3 is 2.74 bits per heavy atom. The van der Waals surface area contributed by atoms with Crippen LogP contribution >= 0.6 is 0 Å². The van der Waals surface area contributed by atoms with Gasteiger partial charge in [0.2, 0.25) is 0 Å². The fraction of sp³-hybridized carbons (Fsp3) is 0.692. The fourth-order valence-electron chi connectivity index (χ4n) is 2.74. The highest BCUT2D eigenvalue weighted by Crippen LogP contribution is 2.42. The van der Waals surface area contributed by atoms with Crippen LogP contribution in [0.5, 0.6) is 0 Å². The number of hydrogen-bond donors (Lipinski definition) is 4. The van der Waals surface area contributed by atoms with Crippen molar-refractivity contribution in [3.05, 3.63) is 11.4 Å². The molecule has 2 aliphatic carbocycles. The third-order valence-electron chi connectivity index (χ3n) is 4.08. The molecule has 1 aromatic rings. The summed E-state index contributed by atoms with van der Waals surface area (Å²) in [5, 5.41) is 19.6. The van der Waals surface area contributed by atoms with Gasteiger partial charge in [0.15, 0.2) is 5.69 Å². The first-order valence-electron chi connectivity index (χ1n) is 6.99. The molecule has 6 heteroatoms. The van der Waals surface area contributed by atoms with E-state index >= 15 is 0 Å². The summed E-state index contributed by atoms with van der Waals surface area (Å²) in [6.07, 6.45) is 5.36. The molecule has 3 rings (SSSR count). The van der Waals surface area contributed by atoms with E-state index in [1.807, 2.05) is 0 Å². The average Bonchev–Trinajstić information content (AvgIpc) is 3.15. The molecule has 6 nitrogen and oxygen atoms in total. The standard InChI is InChI=1S/C13H20N4O2/c14-10-11(7-5-6-7)16-17-12(10)13(19)15-8-3-1-2-4-9(8)18/h7-9,18H,1-6,14H2,(H,15,19)(H,16,17)/t8-,9-/m1/s1. The molecule has 0 aliphatic heterocycles. The normalized spacial score (nSPS) is 27.2. The van der Waals surface area contributed by atoms with E-state index in [9.17, 15) is 9.90 Å². The first kappa shape index (κ1) is 12.5. The number of nitrogen functional groups attached to an aromatic ring is 1. The minimum Gasteiger partial charge on any atom is -0.395 e. The van der Waals surface area contributed by atoms with Crippen molar-refractivity contribution in [2.75, 3.05) is 5.73 Å². The highest BCUT2D eigenvalue weighted by molar-refractivity contribution is 5.98. The Bertz CT molecular complexity index is 481. The van der Waals surface area contributed by atoms with Crippen LogP contribution in [-0.4, -0.2) is 33.4 Å². The fourth-order valence-corrected chi connectivity index (χ4v) is 2.74. The van der Waals surface area contributed by atoms with E-state index in [0.717, 1.165) is 44.2 Å². The molecule has 0 saturated heterocycles. The Morgan fingerprint density at radius 2 is 2.05 bits per heavy atom. The van der Waals surface area contributed by atoms with Gasteiger partial charge < -0.3 is 16.2 Å². The molecular formula is C13H20N4O2. The Balaban J connectivity index is 1.69. The zero-order valence-electron chi connectivity index (χ0n) is 10.9. The Labute approximate surface area is 111 Å². The van der Waals surface area contributed by atoms with Gasteiger partial charge >= 0.3 is 0 Å². The van der Waals surface area contributed by atoms with E-state index in [2.05, 4.69) is 15.5 Å². The number of amides is 1. The highest BCUT2D eigenvalue weighted by Gasteiger charge is 2.31. The molecule has 0 unspecified atom stereocenters. The molecule has 2 atom stereocenters. The number of H-pyrrole nitrogens is 1. The van der Waals surface area contributed by atoms with Crippen LogP contribution in [0.15, 0.2) is 0 Å². The predicted octanol–water partition coefficient (Wildman–Crippen LogP) is 0.903. The molecule has 0 radical (unpaired) electrons. The van der Waals surface area contributed by atoms with Crippen molar-refractivity contribution >= 4 is 11.6 Å². The molecule has 5 N–H and O–H groups in total. The molecule has 2 aliphatic rings. The number of hydrogen-bond acceptors (Lipinski definition) is 4. The Hall–Kier alpha value is -1.56. The number of nitrogens with zero attached hydrogens (tertiary/aromatic N) is 1. The maximum Gasteiger partial charge on any atom is 0.274 e. The molecule has 0 bridgehead atoms. The minimum absolute atomic E-state index is 0.179. The van der Waals surface area contributed by atoms with Gasteiger partial charge in [-0.25, -0.2) is 0 Å². The number of carbonyl (C=O) groups is 1. The van der Waals surface area contributed by atoms with Crippen molar-refractivity contribution in [3.8, 4) is 0 Å². The second-order valence-corrected chi connectivity index (χ2v) is 5.61. The third kappa shape index (κ3) is 2.45. The molecule has 1 amide bonds. The zero-order valence-corrected chi connectivity index (χ0v) is 10.9. The number of aliphatic hydroxyl groups excluding tert-OH is 1. The van der Waals surface area contributed by atoms with Crippen LogP contribution in [0.1, 0.15) is 60.6 Å². The van der Waals surface area contributed by atoms with Crippen molar-refractivity contribution in [3.63, 3.8) is 0 Å². The lowest BCUT2D eigenvalue weighted by atomic mass is 9.92. The van der Waals surface area contributed by atoms with Gasteiger partial charge in [-0.3, -0.25) is 9.89 Å². The Morgan fingerprint density at radius 1 is 1.32 bits per heavy atom. The van der Waals surface area contributed by atoms with Crippen molar-refractivity contribution in [1.29, 1.82) is 0 Å². The molecule has 2 saturated carbocycles. The lowest BCUT2D eigenvalue weighted by Gasteiger charge is -2.28. The number of aromatic nitrogens is 2. The van der Waals surface area contributed by atoms with E-state index in [0.29, 0.717) is 11.6 Å². The van der Waals surface area contributed by atoms with Crippen molar-refractivity contribution in [1.82, 2.24) is 15.5 Å². The second-order valence-electron chi connectivity index (χ2n) is 5.61. The van der Waals surface area contributed by atoms with E-state index < -0.39 is 6.10 Å². The summed E-state index contributed by atoms with van der Waals surface area (Å²) in [5.74, 6) is 0.154. The minimum atomic E-state index is -0.458. The number of carbonyl (C=O) groups excluding carboxylic acids is 1. The van der Waals surface area contributed by atoms with Crippen LogP contribution in [0.25, 0.3) is 0 Å². The van der Waals surface area contributed by atoms with Gasteiger partial charge in [0, 0.05) is 5.92 Å². The van der Waals surface area contributed by atoms with Crippen LogP contribution in [0.2, 0.25) is 0 Å². The highest BCUT2D eigenvalue weighted by atomic mass is 16.3. The summed E-state index contributed by atoms with van der Waals surface area (Å²) in [4.78, 5) is 12.2. The Kier molecular flexibility index (Phi) is 3.18. The van der Waals surface area contributed by atoms with Gasteiger partial charge in [0.05, 0.1) is 23.5 Å². The number of rotatable bonds is 3. The largest absolute Gasteiger partial charge is 0.395 e. The first-order valence-corrected chi connectivity index (χ1v) is 6.99. The van der Waals surface area contributed by atoms with Gasteiger partial charge in [0.25, 0.3) is 5.91 Å². The molecule has 0 spiro atoms. The molecule has 1 aromatic heterocycles. The van der Waals surface area contributed by atoms with Gasteiger partial charge in [0.1, 0.15) is 0 Å². The summed E-state index contributed by atoms with van der Waals surface area (Å²) in [6.45, 7) is 0. The van der Waals surface area contributed by atoms with Gasteiger partial charge in [-0.15, -0.1) is 0 Å². The van der Waals surface area contributed by atoms with Crippen LogP contribution in [0, 0.1) is 0 Å². The quantitative estimate of drug-likeness (QED) is 0.651. The monoisotopic (exact) mass is 264 g/mol. The molecular weight excluding hydrogens is 244 g/mol. The second kappa shape index (κ2) is 4.85. The molecule has 19 heavy (non-hydrogen) atoms. The summed E-state index contributed by atoms with van der Waals surface area (Å²) < 4.78 is 0. The number of anilines is 1. The predicted molar refractivity (Wildman–Crippen MR) is 70.7 cm³/mol. The zero-order chi connectivity index (χ0) is 13.4. The van der Waals surface area contributed by atoms with Crippen molar-refractivity contribution in [2.24, 2.45) is 0 Å². The number of nitrogens with two attached hydrogens (primary N) is 1. The van der Waals surface area contributed by atoms with E-state index in [1.54, 1.807) is 0 Å².